The zero-order valence-electron chi connectivity index (χ0n) is 16.9. The molecule has 29 heavy (non-hydrogen) atoms. The first-order valence-corrected chi connectivity index (χ1v) is 11.2. The van der Waals surface area contributed by atoms with Crippen LogP contribution in [-0.2, 0) is 16.8 Å². The first kappa shape index (κ1) is 20.1. The lowest BCUT2D eigenvalue weighted by Crippen LogP contribution is -2.33. The lowest BCUT2D eigenvalue weighted by Gasteiger charge is -2.25. The topological polar surface area (TPSA) is 34.4 Å². The average molecular weight is 425 g/mol. The van der Waals surface area contributed by atoms with Gasteiger partial charge < -0.3 is 4.57 Å². The van der Waals surface area contributed by atoms with E-state index in [1.54, 1.807) is 11.3 Å². The largest absolute Gasteiger partial charge is 0.312 e. The van der Waals surface area contributed by atoms with Crippen molar-refractivity contribution in [1.29, 1.82) is 0 Å². The van der Waals surface area contributed by atoms with E-state index in [0.717, 1.165) is 46.3 Å². The molecule has 2 aromatic carbocycles. The number of hydrogen-bond acceptors (Lipinski definition) is 2. The number of carbonyl (C=O) groups is 1. The normalized spacial score (nSPS) is 16.4. The molecular formula is C24H25ClN2OS. The van der Waals surface area contributed by atoms with Crippen LogP contribution in [0.5, 0.6) is 0 Å². The van der Waals surface area contributed by atoms with E-state index in [1.807, 2.05) is 30.3 Å². The second-order valence-corrected chi connectivity index (χ2v) is 9.35. The Morgan fingerprint density at radius 1 is 1.21 bits per heavy atom. The summed E-state index contributed by atoms with van der Waals surface area (Å²) in [5.74, 6) is -0.0462. The average Bonchev–Trinajstić information content (AvgIpc) is 3.30. The molecule has 0 saturated heterocycles. The second-order valence-electron chi connectivity index (χ2n) is 7.90. The molecule has 3 nitrogen and oxygen atoms in total. The standard InChI is InChI=1S/C24H25ClN2OS/c1-4-13-27-20-14-16(2)17(3)15-21(20)29-23(27)26-22(28)24(11-5-6-12-24)18-7-9-19(25)10-8-18/h4,7-10,14-15H,1,5-6,11-13H2,2-3H3. The molecule has 1 amide bonds. The van der Waals surface area contributed by atoms with Gasteiger partial charge in [0.15, 0.2) is 4.80 Å². The zero-order valence-corrected chi connectivity index (χ0v) is 18.4. The number of fused-ring (bicyclic) bond motifs is 1. The number of amides is 1. The van der Waals surface area contributed by atoms with E-state index in [9.17, 15) is 4.79 Å². The predicted octanol–water partition coefficient (Wildman–Crippen LogP) is 6.10. The summed E-state index contributed by atoms with van der Waals surface area (Å²) in [6, 6.07) is 12.1. The number of allylic oxidation sites excluding steroid dienone is 1. The van der Waals surface area contributed by atoms with Gasteiger partial charge in [-0.2, -0.15) is 4.99 Å². The van der Waals surface area contributed by atoms with Gasteiger partial charge in [0.25, 0.3) is 5.91 Å². The maximum Gasteiger partial charge on any atom is 0.258 e. The van der Waals surface area contributed by atoms with Gasteiger partial charge in [-0.3, -0.25) is 4.79 Å². The number of nitrogens with zero attached hydrogens (tertiary/aromatic N) is 2. The van der Waals surface area contributed by atoms with Crippen LogP contribution in [0, 0.1) is 13.8 Å². The number of hydrogen-bond donors (Lipinski definition) is 0. The minimum atomic E-state index is -0.543. The number of rotatable bonds is 4. The molecule has 1 heterocycles. The van der Waals surface area contributed by atoms with Crippen LogP contribution in [-0.4, -0.2) is 10.5 Å². The van der Waals surface area contributed by atoms with Crippen LogP contribution in [0.3, 0.4) is 0 Å². The van der Waals surface area contributed by atoms with Gasteiger partial charge >= 0.3 is 0 Å². The van der Waals surface area contributed by atoms with E-state index in [2.05, 4.69) is 42.1 Å². The summed E-state index contributed by atoms with van der Waals surface area (Å²) in [4.78, 5) is 19.0. The van der Waals surface area contributed by atoms with Gasteiger partial charge in [0.2, 0.25) is 0 Å². The van der Waals surface area contributed by atoms with Gasteiger partial charge in [-0.25, -0.2) is 0 Å². The van der Waals surface area contributed by atoms with Crippen molar-refractivity contribution in [3.63, 3.8) is 0 Å². The lowest BCUT2D eigenvalue weighted by atomic mass is 9.78. The minimum absolute atomic E-state index is 0.0462. The summed E-state index contributed by atoms with van der Waals surface area (Å²) in [6.45, 7) is 8.75. The molecule has 150 valence electrons. The number of aromatic nitrogens is 1. The van der Waals surface area contributed by atoms with Crippen molar-refractivity contribution < 1.29 is 4.79 Å². The number of carbonyl (C=O) groups excluding carboxylic acids is 1. The Kier molecular flexibility index (Phi) is 5.50. The Bertz CT molecular complexity index is 1150. The SMILES string of the molecule is C=CCn1c(=NC(=O)C2(c3ccc(Cl)cc3)CCCC2)sc2cc(C)c(C)cc21. The third-order valence-corrected chi connectivity index (χ3v) is 7.36. The van der Waals surface area contributed by atoms with E-state index < -0.39 is 5.41 Å². The van der Waals surface area contributed by atoms with Gasteiger partial charge in [-0.1, -0.05) is 54.0 Å². The molecule has 1 fully saturated rings. The van der Waals surface area contributed by atoms with Crippen LogP contribution < -0.4 is 4.80 Å². The van der Waals surface area contributed by atoms with E-state index in [4.69, 9.17) is 11.6 Å². The van der Waals surface area contributed by atoms with Crippen LogP contribution in [0.4, 0.5) is 0 Å². The van der Waals surface area contributed by atoms with Gasteiger partial charge in [0.1, 0.15) is 0 Å². The first-order chi connectivity index (χ1) is 13.9. The Balaban J connectivity index is 1.86. The van der Waals surface area contributed by atoms with Crippen molar-refractivity contribution in [1.82, 2.24) is 4.57 Å². The molecule has 0 N–H and O–H groups in total. The molecular weight excluding hydrogens is 400 g/mol. The Morgan fingerprint density at radius 2 is 1.86 bits per heavy atom. The van der Waals surface area contributed by atoms with Crippen LogP contribution >= 0.6 is 22.9 Å². The van der Waals surface area contributed by atoms with Gasteiger partial charge in [-0.05, 0) is 67.6 Å². The van der Waals surface area contributed by atoms with Gasteiger partial charge in [-0.15, -0.1) is 6.58 Å². The predicted molar refractivity (Wildman–Crippen MR) is 122 cm³/mol. The molecule has 1 saturated carbocycles. The summed E-state index contributed by atoms with van der Waals surface area (Å²) in [5, 5.41) is 0.686. The molecule has 1 aromatic heterocycles. The maximum atomic E-state index is 13.6. The Hall–Kier alpha value is -2.17. The first-order valence-electron chi connectivity index (χ1n) is 10.0. The van der Waals surface area contributed by atoms with E-state index in [0.29, 0.717) is 11.6 Å². The summed E-state index contributed by atoms with van der Waals surface area (Å²) in [6.07, 6.45) is 5.61. The Morgan fingerprint density at radius 3 is 2.52 bits per heavy atom. The lowest BCUT2D eigenvalue weighted by molar-refractivity contribution is -0.123. The van der Waals surface area contributed by atoms with Crippen molar-refractivity contribution in [2.75, 3.05) is 0 Å². The highest BCUT2D eigenvalue weighted by molar-refractivity contribution is 7.16. The zero-order chi connectivity index (χ0) is 20.6. The van der Waals surface area contributed by atoms with Crippen LogP contribution in [0.15, 0.2) is 54.0 Å². The molecule has 0 atom stereocenters. The molecule has 0 aliphatic heterocycles. The third-order valence-electron chi connectivity index (χ3n) is 6.07. The number of aryl methyl sites for hydroxylation is 2. The molecule has 1 aliphatic carbocycles. The Labute approximate surface area is 180 Å². The maximum absolute atomic E-state index is 13.6. The van der Waals surface area contributed by atoms with Crippen molar-refractivity contribution >= 4 is 39.1 Å². The molecule has 1 aliphatic rings. The van der Waals surface area contributed by atoms with Crippen LogP contribution in [0.25, 0.3) is 10.2 Å². The molecule has 0 radical (unpaired) electrons. The fourth-order valence-electron chi connectivity index (χ4n) is 4.28. The third kappa shape index (κ3) is 3.60. The molecule has 5 heteroatoms. The monoisotopic (exact) mass is 424 g/mol. The van der Waals surface area contributed by atoms with E-state index in [1.165, 1.54) is 11.1 Å². The summed E-state index contributed by atoms with van der Waals surface area (Å²) in [5.41, 5.74) is 4.07. The van der Waals surface area contributed by atoms with Crippen LogP contribution in [0.2, 0.25) is 5.02 Å². The fourth-order valence-corrected chi connectivity index (χ4v) is 5.52. The van der Waals surface area contributed by atoms with Gasteiger partial charge in [0.05, 0.1) is 15.6 Å². The molecule has 0 unspecified atom stereocenters. The van der Waals surface area contributed by atoms with Crippen molar-refractivity contribution in [2.24, 2.45) is 4.99 Å². The second kappa shape index (κ2) is 7.92. The highest BCUT2D eigenvalue weighted by Crippen LogP contribution is 2.42. The molecule has 0 bridgehead atoms. The van der Waals surface area contributed by atoms with Gasteiger partial charge in [0, 0.05) is 11.6 Å². The van der Waals surface area contributed by atoms with Crippen molar-refractivity contribution in [2.45, 2.75) is 51.5 Å². The number of benzene rings is 2. The highest BCUT2D eigenvalue weighted by Gasteiger charge is 2.42. The summed E-state index contributed by atoms with van der Waals surface area (Å²) in [7, 11) is 0. The summed E-state index contributed by atoms with van der Waals surface area (Å²) < 4.78 is 3.25. The number of halogens is 1. The molecule has 3 aromatic rings. The minimum Gasteiger partial charge on any atom is -0.312 e. The fraction of sp³-hybridized carbons (Fsp3) is 0.333. The van der Waals surface area contributed by atoms with E-state index in [-0.39, 0.29) is 5.91 Å². The van der Waals surface area contributed by atoms with Crippen molar-refractivity contribution in [3.05, 3.63) is 75.6 Å². The summed E-state index contributed by atoms with van der Waals surface area (Å²) >= 11 is 7.66. The van der Waals surface area contributed by atoms with E-state index >= 15 is 0 Å². The molecule has 4 rings (SSSR count). The van der Waals surface area contributed by atoms with Crippen molar-refractivity contribution in [3.8, 4) is 0 Å². The van der Waals surface area contributed by atoms with Crippen LogP contribution in [0.1, 0.15) is 42.4 Å². The molecule has 0 spiro atoms. The highest BCUT2D eigenvalue weighted by atomic mass is 35.5. The smallest absolute Gasteiger partial charge is 0.258 e. The number of thiazole rings is 1. The quantitative estimate of drug-likeness (QED) is 0.466.